The third-order valence-electron chi connectivity index (χ3n) is 12.7. The Bertz CT molecular complexity index is 1780. The zero-order chi connectivity index (χ0) is 46.9. The molecule has 0 spiro atoms. The van der Waals surface area contributed by atoms with Crippen molar-refractivity contribution in [2.24, 2.45) is 10.8 Å². The summed E-state index contributed by atoms with van der Waals surface area (Å²) in [5.74, 6) is 12.5. The smallest absolute Gasteiger partial charge is 0.245 e. The van der Waals surface area contributed by atoms with Gasteiger partial charge in [0.15, 0.2) is 0 Å². The van der Waals surface area contributed by atoms with E-state index in [1.807, 2.05) is 63.5 Å². The molecule has 64 heavy (non-hydrogen) atoms. The number of benzene rings is 2. The van der Waals surface area contributed by atoms with Crippen molar-refractivity contribution in [1.82, 2.24) is 40.9 Å². The molecule has 2 saturated heterocycles. The Kier molecular flexibility index (Phi) is 20.4. The van der Waals surface area contributed by atoms with Crippen molar-refractivity contribution < 1.29 is 19.2 Å². The van der Waals surface area contributed by atoms with E-state index in [1.54, 1.807) is 27.9 Å². The highest BCUT2D eigenvalue weighted by Gasteiger charge is 2.42. The summed E-state index contributed by atoms with van der Waals surface area (Å²) in [4.78, 5) is 63.0. The third-order valence-corrected chi connectivity index (χ3v) is 12.7. The van der Waals surface area contributed by atoms with Crippen LogP contribution in [-0.4, -0.2) is 146 Å². The van der Waals surface area contributed by atoms with Crippen LogP contribution in [0, 0.1) is 34.5 Å². The fourth-order valence-electron chi connectivity index (χ4n) is 8.38. The minimum absolute atomic E-state index is 0.00620. The summed E-state index contributed by atoms with van der Waals surface area (Å²) < 4.78 is 0. The lowest BCUT2D eigenvalue weighted by Gasteiger charge is -2.37. The number of carbonyl (C=O) groups is 4. The first-order valence-corrected chi connectivity index (χ1v) is 23.5. The van der Waals surface area contributed by atoms with Crippen molar-refractivity contribution in [2.75, 3.05) is 66.5 Å². The minimum Gasteiger partial charge on any atom is -0.342 e. The number of carbonyl (C=O) groups excluding carboxylic acids is 4. The van der Waals surface area contributed by atoms with Gasteiger partial charge in [-0.05, 0) is 100 Å². The van der Waals surface area contributed by atoms with Crippen molar-refractivity contribution in [3.63, 3.8) is 0 Å². The molecular weight excluding hydrogens is 801 g/mol. The highest BCUT2D eigenvalue weighted by Crippen LogP contribution is 2.28. The molecule has 2 fully saturated rings. The maximum absolute atomic E-state index is 14.2. The second-order valence-corrected chi connectivity index (χ2v) is 19.8. The predicted molar refractivity (Wildman–Crippen MR) is 258 cm³/mol. The van der Waals surface area contributed by atoms with E-state index in [4.69, 9.17) is 0 Å². The molecular formula is C52H78N8O4. The van der Waals surface area contributed by atoms with Gasteiger partial charge in [0.05, 0.1) is 25.2 Å². The molecule has 6 atom stereocenters. The molecule has 0 bridgehead atoms. The molecule has 12 nitrogen and oxygen atoms in total. The zero-order valence-electron chi connectivity index (χ0n) is 40.6. The maximum atomic E-state index is 14.2. The van der Waals surface area contributed by atoms with Crippen molar-refractivity contribution in [3.05, 3.63) is 71.8 Å². The van der Waals surface area contributed by atoms with E-state index in [1.165, 1.54) is 11.1 Å². The number of hydrogen-bond donors (Lipinski definition) is 4. The average molecular weight is 879 g/mol. The van der Waals surface area contributed by atoms with Gasteiger partial charge in [0.1, 0.15) is 12.1 Å². The van der Waals surface area contributed by atoms with Crippen molar-refractivity contribution in [2.45, 2.75) is 130 Å². The molecule has 4 N–H and O–H groups in total. The van der Waals surface area contributed by atoms with E-state index in [2.05, 4.69) is 103 Å². The number of likely N-dealkylation sites (tertiary alicyclic amines) is 2. The van der Waals surface area contributed by atoms with E-state index < -0.39 is 35.0 Å². The summed E-state index contributed by atoms with van der Waals surface area (Å²) in [6.07, 6.45) is 5.31. The van der Waals surface area contributed by atoms with Crippen molar-refractivity contribution in [1.29, 1.82) is 0 Å². The van der Waals surface area contributed by atoms with Gasteiger partial charge in [-0.2, -0.15) is 0 Å². The van der Waals surface area contributed by atoms with Crippen LogP contribution >= 0.6 is 0 Å². The highest BCUT2D eigenvalue weighted by atomic mass is 16.2. The third kappa shape index (κ3) is 16.1. The van der Waals surface area contributed by atoms with Crippen molar-refractivity contribution in [3.8, 4) is 23.7 Å². The highest BCUT2D eigenvalue weighted by molar-refractivity contribution is 5.91. The largest absolute Gasteiger partial charge is 0.342 e. The Morgan fingerprint density at radius 3 is 1.31 bits per heavy atom. The van der Waals surface area contributed by atoms with Gasteiger partial charge in [0.2, 0.25) is 23.6 Å². The average Bonchev–Trinajstić information content (AvgIpc) is 3.95. The van der Waals surface area contributed by atoms with E-state index >= 15 is 0 Å². The minimum atomic E-state index is -0.644. The summed E-state index contributed by atoms with van der Waals surface area (Å²) in [7, 11) is 3.48. The van der Waals surface area contributed by atoms with E-state index in [0.717, 1.165) is 51.6 Å². The van der Waals surface area contributed by atoms with Gasteiger partial charge < -0.3 is 31.1 Å². The SMILES string of the molecule is CN[C@@H](C)C(=O)N[C@H](C(=O)N1CCC[C@H]1CN(CC#CC#CCN(CCc1ccccc1)C[C@@H]1CCCN1C(=O)[C@@H](NC(=O)[C@H](C)NC)C(C)(C)C)CCc1ccccc1)C(C)(C)C. The maximum Gasteiger partial charge on any atom is 0.245 e. The molecule has 0 radical (unpaired) electrons. The molecule has 0 saturated carbocycles. The van der Waals surface area contributed by atoms with Crippen molar-refractivity contribution >= 4 is 23.6 Å². The molecule has 4 rings (SSSR count). The topological polar surface area (TPSA) is 129 Å². The lowest BCUT2D eigenvalue weighted by Crippen LogP contribution is -2.59. The lowest BCUT2D eigenvalue weighted by atomic mass is 9.85. The monoisotopic (exact) mass is 879 g/mol. The molecule has 0 aromatic heterocycles. The van der Waals surface area contributed by atoms with Crippen LogP contribution in [0.2, 0.25) is 0 Å². The number of hydrogen-bond acceptors (Lipinski definition) is 8. The number of nitrogens with one attached hydrogen (secondary N) is 4. The first-order valence-electron chi connectivity index (χ1n) is 23.5. The first-order chi connectivity index (χ1) is 30.4. The molecule has 2 aromatic carbocycles. The van der Waals surface area contributed by atoms with Gasteiger partial charge in [0, 0.05) is 51.4 Å². The van der Waals surface area contributed by atoms with Crippen LogP contribution in [-0.2, 0) is 32.0 Å². The van der Waals surface area contributed by atoms with Gasteiger partial charge in [-0.15, -0.1) is 0 Å². The van der Waals surface area contributed by atoms with Crippen LogP contribution in [0.1, 0.15) is 92.2 Å². The van der Waals surface area contributed by atoms with Gasteiger partial charge in [-0.3, -0.25) is 29.0 Å². The summed E-state index contributed by atoms with van der Waals surface area (Å²) in [6, 6.07) is 18.7. The molecule has 0 unspecified atom stereocenters. The summed E-state index contributed by atoms with van der Waals surface area (Å²) >= 11 is 0. The fraction of sp³-hybridized carbons (Fsp3) is 0.615. The summed E-state index contributed by atoms with van der Waals surface area (Å²) in [6.45, 7) is 20.8. The van der Waals surface area contributed by atoms with Gasteiger partial charge >= 0.3 is 0 Å². The van der Waals surface area contributed by atoms with Gasteiger partial charge in [0.25, 0.3) is 0 Å². The quantitative estimate of drug-likeness (QED) is 0.145. The number of likely N-dealkylation sites (N-methyl/N-ethyl adjacent to an activating group) is 2. The van der Waals surface area contributed by atoms with Gasteiger partial charge in [-0.1, -0.05) is 114 Å². The van der Waals surface area contributed by atoms with E-state index in [0.29, 0.717) is 39.3 Å². The lowest BCUT2D eigenvalue weighted by molar-refractivity contribution is -0.141. The Morgan fingerprint density at radius 2 is 0.984 bits per heavy atom. The fourth-order valence-corrected chi connectivity index (χ4v) is 8.38. The first kappa shape index (κ1) is 51.9. The van der Waals surface area contributed by atoms with Crippen LogP contribution < -0.4 is 21.3 Å². The molecule has 0 aliphatic carbocycles. The normalized spacial score (nSPS) is 18.4. The Morgan fingerprint density at radius 1 is 0.625 bits per heavy atom. The van der Waals surface area contributed by atoms with E-state index in [9.17, 15) is 19.2 Å². The summed E-state index contributed by atoms with van der Waals surface area (Å²) in [5, 5.41) is 12.1. The Hall–Kier alpha value is -4.72. The van der Waals surface area contributed by atoms with Crippen LogP contribution in [0.3, 0.4) is 0 Å². The number of rotatable bonds is 20. The molecule has 2 aromatic rings. The Balaban J connectivity index is 1.48. The molecule has 2 aliphatic heterocycles. The second-order valence-electron chi connectivity index (χ2n) is 19.8. The standard InChI is InChI=1S/C52H78N8O4/c1-39(53-9)47(61)55-45(51(3,4)5)49(63)59-33-21-27-43(59)37-57(35-29-41-23-15-13-16-24-41)31-19-11-12-20-32-58(36-30-42-25-17-14-18-26-42)38-44-28-22-34-60(44)50(64)46(52(6,7)8)56-48(62)40(2)54-10/h13-18,23-26,39-40,43-46,53-54H,21-22,27-38H2,1-10H3,(H,55,61)(H,56,62)/t39-,40-,43-,44-,45+,46+/m0/s1. The van der Waals surface area contributed by atoms with Crippen LogP contribution in [0.15, 0.2) is 60.7 Å². The molecule has 350 valence electrons. The summed E-state index contributed by atoms with van der Waals surface area (Å²) in [5.41, 5.74) is 1.56. The zero-order valence-corrected chi connectivity index (χ0v) is 40.6. The molecule has 4 amide bonds. The van der Waals surface area contributed by atoms with Crippen LogP contribution in [0.5, 0.6) is 0 Å². The molecule has 2 aliphatic rings. The number of nitrogens with zero attached hydrogens (tertiary/aromatic N) is 4. The predicted octanol–water partition coefficient (Wildman–Crippen LogP) is 4.34. The second kappa shape index (κ2) is 25.1. The van der Waals surface area contributed by atoms with Crippen LogP contribution in [0.25, 0.3) is 0 Å². The Labute approximate surface area is 385 Å². The molecule has 12 heteroatoms. The molecule has 2 heterocycles. The number of amides is 4. The van der Waals surface area contributed by atoms with E-state index in [-0.39, 0.29) is 35.7 Å². The van der Waals surface area contributed by atoms with Gasteiger partial charge in [-0.25, -0.2) is 0 Å². The van der Waals surface area contributed by atoms with Crippen LogP contribution in [0.4, 0.5) is 0 Å².